The number of carbonyl (C=O) groups is 1. The van der Waals surface area contributed by atoms with Gasteiger partial charge in [0.1, 0.15) is 5.75 Å². The Labute approximate surface area is 124 Å². The van der Waals surface area contributed by atoms with Gasteiger partial charge in [-0.2, -0.15) is 0 Å². The predicted molar refractivity (Wildman–Crippen MR) is 79.9 cm³/mol. The maximum absolute atomic E-state index is 11.9. The number of rotatable bonds is 6. The monoisotopic (exact) mass is 312 g/mol. The lowest BCUT2D eigenvalue weighted by atomic mass is 10.1. The summed E-state index contributed by atoms with van der Waals surface area (Å²) in [4.78, 5) is 12.1. The van der Waals surface area contributed by atoms with Crippen molar-refractivity contribution in [2.75, 3.05) is 11.9 Å². The number of hydrogen-bond donors (Lipinski definition) is 2. The van der Waals surface area contributed by atoms with Crippen LogP contribution in [0.2, 0.25) is 0 Å². The van der Waals surface area contributed by atoms with Gasteiger partial charge < -0.3 is 10.1 Å². The van der Waals surface area contributed by atoms with Crippen molar-refractivity contribution in [3.63, 3.8) is 0 Å². The first-order valence-corrected chi connectivity index (χ1v) is 8.57. The Morgan fingerprint density at radius 1 is 1.33 bits per heavy atom. The molecular weight excluding hydrogens is 292 g/mol. The summed E-state index contributed by atoms with van der Waals surface area (Å²) < 4.78 is 31.9. The lowest BCUT2D eigenvalue weighted by Crippen LogP contribution is -2.37. The van der Waals surface area contributed by atoms with Crippen LogP contribution in [0, 0.1) is 0 Å². The number of anilines is 1. The van der Waals surface area contributed by atoms with Crippen molar-refractivity contribution in [2.24, 2.45) is 0 Å². The fraction of sp³-hybridized carbons (Fsp3) is 0.500. The standard InChI is InChI=1S/C14H20N2O4S/c1-3-5-6-13-14(17)16-11-9-10(7-8-12(11)20-13)21(18,19)15-4-2/h7-9,13,15H,3-6H2,1-2H3,(H,16,17)/t13-/m1/s1. The van der Waals surface area contributed by atoms with Crippen LogP contribution in [0.25, 0.3) is 0 Å². The summed E-state index contributed by atoms with van der Waals surface area (Å²) in [5.41, 5.74) is 0.395. The number of benzene rings is 1. The van der Waals surface area contributed by atoms with Crippen molar-refractivity contribution in [3.8, 4) is 5.75 Å². The van der Waals surface area contributed by atoms with Crippen LogP contribution in [0.15, 0.2) is 23.1 Å². The minimum absolute atomic E-state index is 0.110. The number of hydrogen-bond acceptors (Lipinski definition) is 4. The SMILES string of the molecule is CCCC[C@H]1Oc2ccc(S(=O)(=O)NCC)cc2NC1=O. The Kier molecular flexibility index (Phi) is 4.84. The third-order valence-corrected chi connectivity index (χ3v) is 4.78. The molecule has 0 fully saturated rings. The van der Waals surface area contributed by atoms with Crippen LogP contribution in [0.3, 0.4) is 0 Å². The van der Waals surface area contributed by atoms with E-state index in [0.717, 1.165) is 12.8 Å². The Morgan fingerprint density at radius 2 is 2.10 bits per heavy atom. The van der Waals surface area contributed by atoms with Crippen LogP contribution in [0.4, 0.5) is 5.69 Å². The van der Waals surface area contributed by atoms with E-state index < -0.39 is 16.1 Å². The highest BCUT2D eigenvalue weighted by Crippen LogP contribution is 2.32. The lowest BCUT2D eigenvalue weighted by molar-refractivity contribution is -0.123. The molecule has 1 aliphatic heterocycles. The van der Waals surface area contributed by atoms with Crippen molar-refractivity contribution in [1.29, 1.82) is 0 Å². The maximum atomic E-state index is 11.9. The third kappa shape index (κ3) is 3.54. The van der Waals surface area contributed by atoms with E-state index in [9.17, 15) is 13.2 Å². The molecule has 0 aromatic heterocycles. The smallest absolute Gasteiger partial charge is 0.265 e. The van der Waals surface area contributed by atoms with Crippen LogP contribution >= 0.6 is 0 Å². The number of carbonyl (C=O) groups excluding carboxylic acids is 1. The van der Waals surface area contributed by atoms with Crippen molar-refractivity contribution < 1.29 is 17.9 Å². The van der Waals surface area contributed by atoms with Gasteiger partial charge in [-0.3, -0.25) is 4.79 Å². The molecule has 21 heavy (non-hydrogen) atoms. The number of amides is 1. The first kappa shape index (κ1) is 15.8. The second-order valence-electron chi connectivity index (χ2n) is 4.90. The van der Waals surface area contributed by atoms with Crippen molar-refractivity contribution in [2.45, 2.75) is 44.1 Å². The minimum atomic E-state index is -3.55. The fourth-order valence-corrected chi connectivity index (χ4v) is 3.22. The molecule has 1 heterocycles. The van der Waals surface area contributed by atoms with Gasteiger partial charge in [-0.15, -0.1) is 0 Å². The van der Waals surface area contributed by atoms with E-state index in [-0.39, 0.29) is 10.8 Å². The predicted octanol–water partition coefficient (Wildman–Crippen LogP) is 1.87. The van der Waals surface area contributed by atoms with Gasteiger partial charge in [0.2, 0.25) is 10.0 Å². The fourth-order valence-electron chi connectivity index (χ4n) is 2.15. The van der Waals surface area contributed by atoms with Crippen LogP contribution in [0.1, 0.15) is 33.1 Å². The van der Waals surface area contributed by atoms with Gasteiger partial charge in [-0.1, -0.05) is 20.3 Å². The number of nitrogens with one attached hydrogen (secondary N) is 2. The first-order valence-electron chi connectivity index (χ1n) is 7.09. The zero-order valence-electron chi connectivity index (χ0n) is 12.2. The summed E-state index contributed by atoms with van der Waals surface area (Å²) in [6.07, 6.45) is 2.04. The average molecular weight is 312 g/mol. The highest BCUT2D eigenvalue weighted by Gasteiger charge is 2.28. The van der Waals surface area contributed by atoms with Gasteiger partial charge in [-0.25, -0.2) is 13.1 Å². The molecule has 0 spiro atoms. The molecule has 6 nitrogen and oxygen atoms in total. The molecule has 1 aliphatic rings. The molecule has 1 amide bonds. The van der Waals surface area contributed by atoms with E-state index in [1.807, 2.05) is 6.92 Å². The topological polar surface area (TPSA) is 84.5 Å². The third-order valence-electron chi connectivity index (χ3n) is 3.24. The summed E-state index contributed by atoms with van der Waals surface area (Å²) in [6, 6.07) is 4.48. The molecule has 0 aliphatic carbocycles. The van der Waals surface area contributed by atoms with Crippen molar-refractivity contribution in [3.05, 3.63) is 18.2 Å². The van der Waals surface area contributed by atoms with Crippen LogP contribution in [0.5, 0.6) is 5.75 Å². The van der Waals surface area contributed by atoms with Crippen LogP contribution in [-0.2, 0) is 14.8 Å². The van der Waals surface area contributed by atoms with Crippen LogP contribution < -0.4 is 14.8 Å². The Balaban J connectivity index is 2.24. The molecule has 0 bridgehead atoms. The highest BCUT2D eigenvalue weighted by molar-refractivity contribution is 7.89. The average Bonchev–Trinajstić information content (AvgIpc) is 2.44. The second-order valence-corrected chi connectivity index (χ2v) is 6.66. The van der Waals surface area contributed by atoms with E-state index >= 15 is 0 Å². The molecule has 2 N–H and O–H groups in total. The van der Waals surface area contributed by atoms with Crippen molar-refractivity contribution in [1.82, 2.24) is 4.72 Å². The maximum Gasteiger partial charge on any atom is 0.265 e. The summed E-state index contributed by atoms with van der Waals surface area (Å²) >= 11 is 0. The largest absolute Gasteiger partial charge is 0.478 e. The molecule has 1 aromatic rings. The summed E-state index contributed by atoms with van der Waals surface area (Å²) in [6.45, 7) is 4.06. The molecule has 0 unspecified atom stereocenters. The van der Waals surface area contributed by atoms with Gasteiger partial charge in [0.05, 0.1) is 10.6 Å². The Bertz CT molecular complexity index is 628. The van der Waals surface area contributed by atoms with Gasteiger partial charge in [0, 0.05) is 6.54 Å². The Morgan fingerprint density at radius 3 is 2.76 bits per heavy atom. The number of sulfonamides is 1. The summed E-state index contributed by atoms with van der Waals surface area (Å²) in [5.74, 6) is 0.278. The number of fused-ring (bicyclic) bond motifs is 1. The highest BCUT2D eigenvalue weighted by atomic mass is 32.2. The van der Waals surface area contributed by atoms with Gasteiger partial charge >= 0.3 is 0 Å². The second kappa shape index (κ2) is 6.44. The molecule has 116 valence electrons. The van der Waals surface area contributed by atoms with Gasteiger partial charge in [0.15, 0.2) is 6.10 Å². The Hall–Kier alpha value is -1.60. The zero-order valence-corrected chi connectivity index (χ0v) is 13.0. The number of ether oxygens (including phenoxy) is 1. The minimum Gasteiger partial charge on any atom is -0.478 e. The van der Waals surface area contributed by atoms with E-state index in [0.29, 0.717) is 24.4 Å². The molecular formula is C14H20N2O4S. The van der Waals surface area contributed by atoms with E-state index in [1.54, 1.807) is 13.0 Å². The van der Waals surface area contributed by atoms with Crippen LogP contribution in [-0.4, -0.2) is 27.0 Å². The van der Waals surface area contributed by atoms with Gasteiger partial charge in [-0.05, 0) is 31.0 Å². The quantitative estimate of drug-likeness (QED) is 0.840. The lowest BCUT2D eigenvalue weighted by Gasteiger charge is -2.26. The van der Waals surface area contributed by atoms with E-state index in [2.05, 4.69) is 10.0 Å². The molecule has 7 heteroatoms. The molecule has 1 atom stereocenters. The summed E-state index contributed by atoms with van der Waals surface area (Å²) in [7, 11) is -3.55. The first-order chi connectivity index (χ1) is 9.97. The number of unbranched alkanes of at least 4 members (excludes halogenated alkanes) is 1. The van der Waals surface area contributed by atoms with E-state index in [4.69, 9.17) is 4.74 Å². The molecule has 0 saturated heterocycles. The van der Waals surface area contributed by atoms with Crippen molar-refractivity contribution >= 4 is 21.6 Å². The molecule has 1 aromatic carbocycles. The molecule has 0 saturated carbocycles. The molecule has 2 rings (SSSR count). The van der Waals surface area contributed by atoms with Gasteiger partial charge in [0.25, 0.3) is 5.91 Å². The van der Waals surface area contributed by atoms with E-state index in [1.165, 1.54) is 12.1 Å². The summed E-state index contributed by atoms with van der Waals surface area (Å²) in [5, 5.41) is 2.72. The zero-order chi connectivity index (χ0) is 15.5. The molecule has 0 radical (unpaired) electrons. The normalized spacial score (nSPS) is 17.8.